The molecule has 0 aliphatic heterocycles. The van der Waals surface area contributed by atoms with E-state index in [0.717, 1.165) is 4.90 Å². The molecule has 0 bridgehead atoms. The van der Waals surface area contributed by atoms with Gasteiger partial charge < -0.3 is 10.4 Å². The minimum absolute atomic E-state index is 0.0553. The first kappa shape index (κ1) is 19.8. The molecule has 6 heteroatoms. The van der Waals surface area contributed by atoms with E-state index in [1.807, 2.05) is 6.07 Å². The molecule has 0 saturated carbocycles. The molecule has 0 heterocycles. The number of nitrogens with zero attached hydrogens (tertiary/aromatic N) is 1. The fourth-order valence-corrected chi connectivity index (χ4v) is 2.80. The summed E-state index contributed by atoms with van der Waals surface area (Å²) in [7, 11) is 0. The first-order valence-corrected chi connectivity index (χ1v) is 9.05. The predicted octanol–water partition coefficient (Wildman–Crippen LogP) is 4.19. The number of carbonyl (C=O) groups excluding carboxylic acids is 2. The quantitative estimate of drug-likeness (QED) is 0.663. The van der Waals surface area contributed by atoms with Crippen LogP contribution in [0, 0.1) is 0 Å². The van der Waals surface area contributed by atoms with E-state index in [9.17, 15) is 14.4 Å². The van der Waals surface area contributed by atoms with Crippen LogP contribution in [0.5, 0.6) is 0 Å². The molecular weight excluding hydrogens is 368 g/mol. The molecule has 0 unspecified atom stereocenters. The Balaban J connectivity index is 1.83. The molecule has 3 rings (SSSR count). The van der Waals surface area contributed by atoms with Gasteiger partial charge >= 0.3 is 12.0 Å². The lowest BCUT2D eigenvalue weighted by molar-refractivity contribution is -0.136. The second kappa shape index (κ2) is 9.32. The number of anilines is 1. The number of imide groups is 1. The zero-order valence-corrected chi connectivity index (χ0v) is 15.6. The highest BCUT2D eigenvalue weighted by Crippen LogP contribution is 2.15. The standard InChI is InChI=1S/C23H20N2O4/c26-21(27)15-17-11-13-18(14-12-17)16-25(22(28)19-7-3-1-4-8-19)23(29)24-20-9-5-2-6-10-20/h1-14H,15-16H2,(H,24,29)(H,26,27). The summed E-state index contributed by atoms with van der Waals surface area (Å²) in [5.41, 5.74) is 2.35. The summed E-state index contributed by atoms with van der Waals surface area (Å²) in [6.45, 7) is 0.0553. The van der Waals surface area contributed by atoms with Gasteiger partial charge in [-0.15, -0.1) is 0 Å². The van der Waals surface area contributed by atoms with Gasteiger partial charge in [0.15, 0.2) is 0 Å². The van der Waals surface area contributed by atoms with Crippen molar-refractivity contribution >= 4 is 23.6 Å². The molecule has 0 fully saturated rings. The molecule has 0 radical (unpaired) electrons. The Hall–Kier alpha value is -3.93. The number of carboxylic acid groups (broad SMARTS) is 1. The average Bonchev–Trinajstić information content (AvgIpc) is 2.73. The number of hydrogen-bond acceptors (Lipinski definition) is 3. The molecule has 29 heavy (non-hydrogen) atoms. The minimum Gasteiger partial charge on any atom is -0.481 e. The number of amides is 3. The van der Waals surface area contributed by atoms with Crippen LogP contribution in [0.25, 0.3) is 0 Å². The van der Waals surface area contributed by atoms with Crippen molar-refractivity contribution in [2.75, 3.05) is 5.32 Å². The molecule has 0 spiro atoms. The highest BCUT2D eigenvalue weighted by Gasteiger charge is 2.23. The number of rotatable bonds is 6. The van der Waals surface area contributed by atoms with Crippen molar-refractivity contribution in [2.24, 2.45) is 0 Å². The van der Waals surface area contributed by atoms with Gasteiger partial charge in [0, 0.05) is 11.3 Å². The van der Waals surface area contributed by atoms with Crippen LogP contribution in [0.1, 0.15) is 21.5 Å². The third-order valence-electron chi connectivity index (χ3n) is 4.26. The third kappa shape index (κ3) is 5.52. The molecule has 146 valence electrons. The van der Waals surface area contributed by atoms with Crippen molar-refractivity contribution in [3.63, 3.8) is 0 Å². The smallest absolute Gasteiger partial charge is 0.329 e. The summed E-state index contributed by atoms with van der Waals surface area (Å²) in [6, 6.07) is 23.7. The van der Waals surface area contributed by atoms with Crippen LogP contribution in [0.3, 0.4) is 0 Å². The zero-order valence-electron chi connectivity index (χ0n) is 15.6. The Morgan fingerprint density at radius 1 is 0.759 bits per heavy atom. The van der Waals surface area contributed by atoms with E-state index in [4.69, 9.17) is 5.11 Å². The topological polar surface area (TPSA) is 86.7 Å². The van der Waals surface area contributed by atoms with Crippen LogP contribution in [0.2, 0.25) is 0 Å². The first-order chi connectivity index (χ1) is 14.0. The van der Waals surface area contributed by atoms with Gasteiger partial charge in [-0.2, -0.15) is 0 Å². The second-order valence-corrected chi connectivity index (χ2v) is 6.44. The Morgan fingerprint density at radius 2 is 1.31 bits per heavy atom. The zero-order chi connectivity index (χ0) is 20.6. The maximum Gasteiger partial charge on any atom is 0.329 e. The van der Waals surface area contributed by atoms with Gasteiger partial charge in [0.25, 0.3) is 5.91 Å². The number of nitrogens with one attached hydrogen (secondary N) is 1. The molecule has 6 nitrogen and oxygen atoms in total. The predicted molar refractivity (Wildman–Crippen MR) is 110 cm³/mol. The highest BCUT2D eigenvalue weighted by atomic mass is 16.4. The van der Waals surface area contributed by atoms with Crippen LogP contribution in [0.15, 0.2) is 84.9 Å². The van der Waals surface area contributed by atoms with Crippen molar-refractivity contribution < 1.29 is 19.5 Å². The van der Waals surface area contributed by atoms with Gasteiger partial charge in [0.1, 0.15) is 0 Å². The number of para-hydroxylation sites is 1. The average molecular weight is 388 g/mol. The minimum atomic E-state index is -0.916. The SMILES string of the molecule is O=C(O)Cc1ccc(CN(C(=O)Nc2ccccc2)C(=O)c2ccccc2)cc1. The monoisotopic (exact) mass is 388 g/mol. The van der Waals surface area contributed by atoms with E-state index in [-0.39, 0.29) is 13.0 Å². The molecule has 0 aromatic heterocycles. The molecule has 2 N–H and O–H groups in total. The largest absolute Gasteiger partial charge is 0.481 e. The molecule has 0 saturated heterocycles. The van der Waals surface area contributed by atoms with Crippen LogP contribution in [0.4, 0.5) is 10.5 Å². The number of aliphatic carboxylic acids is 1. The van der Waals surface area contributed by atoms with Crippen LogP contribution in [-0.4, -0.2) is 27.9 Å². The normalized spacial score (nSPS) is 10.2. The van der Waals surface area contributed by atoms with E-state index in [1.165, 1.54) is 0 Å². The lowest BCUT2D eigenvalue weighted by Gasteiger charge is -2.22. The lowest BCUT2D eigenvalue weighted by Crippen LogP contribution is -2.39. The number of urea groups is 1. The fourth-order valence-electron chi connectivity index (χ4n) is 2.80. The number of hydrogen-bond donors (Lipinski definition) is 2. The highest BCUT2D eigenvalue weighted by molar-refractivity contribution is 6.07. The Kier molecular flexibility index (Phi) is 6.37. The molecule has 0 atom stereocenters. The lowest BCUT2D eigenvalue weighted by atomic mass is 10.1. The van der Waals surface area contributed by atoms with Gasteiger partial charge in [0.2, 0.25) is 0 Å². The van der Waals surface area contributed by atoms with Crippen molar-refractivity contribution in [1.82, 2.24) is 4.90 Å². The van der Waals surface area contributed by atoms with E-state index < -0.39 is 17.9 Å². The van der Waals surface area contributed by atoms with E-state index >= 15 is 0 Å². The van der Waals surface area contributed by atoms with Crippen molar-refractivity contribution in [3.8, 4) is 0 Å². The van der Waals surface area contributed by atoms with Gasteiger partial charge in [-0.25, -0.2) is 4.79 Å². The fraction of sp³-hybridized carbons (Fsp3) is 0.0870. The molecule has 3 aromatic rings. The molecule has 0 aliphatic rings. The number of benzene rings is 3. The number of carboxylic acids is 1. The summed E-state index contributed by atoms with van der Waals surface area (Å²) < 4.78 is 0. The van der Waals surface area contributed by atoms with Gasteiger partial charge in [-0.3, -0.25) is 14.5 Å². The Bertz CT molecular complexity index is 986. The molecule has 3 amide bonds. The maximum absolute atomic E-state index is 13.0. The third-order valence-corrected chi connectivity index (χ3v) is 4.26. The van der Waals surface area contributed by atoms with Crippen molar-refractivity contribution in [1.29, 1.82) is 0 Å². The summed E-state index contributed by atoms with van der Waals surface area (Å²) >= 11 is 0. The van der Waals surface area contributed by atoms with Crippen molar-refractivity contribution in [3.05, 3.63) is 102 Å². The van der Waals surface area contributed by atoms with Gasteiger partial charge in [-0.1, -0.05) is 60.7 Å². The van der Waals surface area contributed by atoms with Crippen LogP contribution < -0.4 is 5.32 Å². The summed E-state index contributed by atoms with van der Waals surface area (Å²) in [4.78, 5) is 37.8. The molecular formula is C23H20N2O4. The first-order valence-electron chi connectivity index (χ1n) is 9.05. The Morgan fingerprint density at radius 3 is 1.90 bits per heavy atom. The van der Waals surface area contributed by atoms with Crippen LogP contribution >= 0.6 is 0 Å². The van der Waals surface area contributed by atoms with Gasteiger partial charge in [0.05, 0.1) is 13.0 Å². The number of carbonyl (C=O) groups is 3. The van der Waals surface area contributed by atoms with Gasteiger partial charge in [-0.05, 0) is 35.4 Å². The summed E-state index contributed by atoms with van der Waals surface area (Å²) in [5.74, 6) is -1.34. The summed E-state index contributed by atoms with van der Waals surface area (Å²) in [6.07, 6.45) is -0.0819. The van der Waals surface area contributed by atoms with Crippen LogP contribution in [-0.2, 0) is 17.8 Å². The Labute approximate surface area is 168 Å². The summed E-state index contributed by atoms with van der Waals surface area (Å²) in [5, 5.41) is 11.6. The maximum atomic E-state index is 13.0. The second-order valence-electron chi connectivity index (χ2n) is 6.44. The van der Waals surface area contributed by atoms with E-state index in [2.05, 4.69) is 5.32 Å². The molecule has 0 aliphatic carbocycles. The van der Waals surface area contributed by atoms with E-state index in [0.29, 0.717) is 22.4 Å². The van der Waals surface area contributed by atoms with E-state index in [1.54, 1.807) is 78.9 Å². The molecule has 3 aromatic carbocycles. The van der Waals surface area contributed by atoms with Crippen molar-refractivity contribution in [2.45, 2.75) is 13.0 Å².